The summed E-state index contributed by atoms with van der Waals surface area (Å²) in [5, 5.41) is 17.1. The Kier molecular flexibility index (Phi) is 32.2. The van der Waals surface area contributed by atoms with Gasteiger partial charge >= 0.3 is 6.09 Å². The number of carboxylic acid groups (broad SMARTS) is 1. The number of amides is 6. The van der Waals surface area contributed by atoms with E-state index in [0.29, 0.717) is 137 Å². The quantitative estimate of drug-likeness (QED) is 0.0456. The number of carbonyl (C=O) groups is 6. The van der Waals surface area contributed by atoms with Gasteiger partial charge in [0, 0.05) is 81.8 Å². The lowest BCUT2D eigenvalue weighted by atomic mass is 9.84. The van der Waals surface area contributed by atoms with Crippen molar-refractivity contribution in [1.29, 1.82) is 0 Å². The molecule has 4 N–H and O–H groups in total. The van der Waals surface area contributed by atoms with Crippen LogP contribution >= 0.6 is 11.8 Å². The van der Waals surface area contributed by atoms with E-state index in [1.807, 2.05) is 55.7 Å². The SMILES string of the molecule is CC(C)(C)[C@H](c1nc(-c2cc(F)ccc2F)cn1Cc1ccccc1)N(CCCNC(=O)O)C(=O)CSCCNC(=O)CCOCCOCCOCCOCCOCCOCCOCCOCCNC(=O)CCN1C(=O)C=CC1=O. The number of halogens is 2. The van der Waals surface area contributed by atoms with E-state index in [1.165, 1.54) is 23.9 Å². The number of nitrogens with zero attached hydrogens (tertiary/aromatic N) is 4. The molecule has 0 radical (unpaired) electrons. The molecule has 25 heteroatoms. The molecule has 1 atom stereocenters. The van der Waals surface area contributed by atoms with E-state index in [1.54, 1.807) is 11.1 Å². The van der Waals surface area contributed by atoms with Crippen LogP contribution in [-0.2, 0) is 68.4 Å². The molecule has 0 aliphatic carbocycles. The number of rotatable bonds is 44. The molecule has 3 aromatic rings. The fourth-order valence-corrected chi connectivity index (χ4v) is 8.56. The van der Waals surface area contributed by atoms with Gasteiger partial charge in [-0.15, -0.1) is 0 Å². The Morgan fingerprint density at radius 2 is 1.20 bits per heavy atom. The Morgan fingerprint density at radius 1 is 0.675 bits per heavy atom. The third kappa shape index (κ3) is 27.0. The predicted octanol–water partition coefficient (Wildman–Crippen LogP) is 4.25. The van der Waals surface area contributed by atoms with Crippen molar-refractivity contribution in [2.75, 3.05) is 150 Å². The first kappa shape index (κ1) is 66.6. The van der Waals surface area contributed by atoms with Crippen molar-refractivity contribution in [2.45, 2.75) is 52.6 Å². The molecule has 80 heavy (non-hydrogen) atoms. The topological polar surface area (TPSA) is 257 Å². The zero-order chi connectivity index (χ0) is 57.8. The highest BCUT2D eigenvalue weighted by Crippen LogP contribution is 2.40. The standard InChI is InChI=1S/C55H79F2N7O15S/c1-55(2,3)52(53-61-46(44-38-43(56)10-11-45(44)57)40-62(53)39-42-8-5-4-6-9-42)64(19-7-16-60-54(70)71)51(69)41-80-37-18-59-48(66)15-21-72-23-25-74-27-29-76-31-33-78-35-36-79-34-32-77-30-28-75-26-24-73-22-17-58-47(65)14-20-63-49(67)12-13-50(63)68/h4-6,8-13,38,40,52,60H,7,14-37,39,41H2,1-3H3,(H,58,65)(H,59,66)(H,70,71)/t52-/m0/s1. The van der Waals surface area contributed by atoms with Crippen LogP contribution in [0.1, 0.15) is 57.5 Å². The Bertz CT molecular complexity index is 2340. The molecule has 0 fully saturated rings. The zero-order valence-electron chi connectivity index (χ0n) is 46.1. The Balaban J connectivity index is 0.981. The minimum atomic E-state index is -1.18. The minimum absolute atomic E-state index is 0.0157. The van der Waals surface area contributed by atoms with E-state index >= 15 is 4.39 Å². The largest absolute Gasteiger partial charge is 0.465 e. The highest BCUT2D eigenvalue weighted by atomic mass is 32.2. The molecule has 0 bridgehead atoms. The average molecular weight is 1150 g/mol. The normalized spacial score (nSPS) is 12.8. The molecule has 2 aromatic carbocycles. The van der Waals surface area contributed by atoms with Crippen molar-refractivity contribution in [3.63, 3.8) is 0 Å². The third-order valence-electron chi connectivity index (χ3n) is 11.7. The summed E-state index contributed by atoms with van der Waals surface area (Å²) in [5.74, 6) is -1.83. The van der Waals surface area contributed by atoms with E-state index in [2.05, 4.69) is 16.0 Å². The number of imide groups is 1. The third-order valence-corrected chi connectivity index (χ3v) is 12.6. The van der Waals surface area contributed by atoms with Gasteiger partial charge < -0.3 is 68.4 Å². The lowest BCUT2D eigenvalue weighted by molar-refractivity contribution is -0.137. The Hall–Kier alpha value is -5.90. The van der Waals surface area contributed by atoms with Crippen molar-refractivity contribution >= 4 is 47.4 Å². The number of hydrogen-bond acceptors (Lipinski definition) is 16. The van der Waals surface area contributed by atoms with Crippen LogP contribution in [0.2, 0.25) is 0 Å². The summed E-state index contributed by atoms with van der Waals surface area (Å²) in [4.78, 5) is 80.5. The number of aromatic nitrogens is 2. The predicted molar refractivity (Wildman–Crippen MR) is 293 cm³/mol. The molecule has 2 heterocycles. The maximum Gasteiger partial charge on any atom is 0.404 e. The second-order valence-corrected chi connectivity index (χ2v) is 20.1. The molecule has 0 spiro atoms. The van der Waals surface area contributed by atoms with Crippen LogP contribution < -0.4 is 16.0 Å². The Labute approximate surface area is 470 Å². The highest BCUT2D eigenvalue weighted by Gasteiger charge is 2.38. The maximum atomic E-state index is 15.1. The number of ether oxygens (including phenoxy) is 8. The summed E-state index contributed by atoms with van der Waals surface area (Å²) in [6, 6.07) is 12.1. The van der Waals surface area contributed by atoms with Gasteiger partial charge in [0.2, 0.25) is 17.7 Å². The molecule has 0 saturated carbocycles. The molecule has 0 saturated heterocycles. The molecule has 1 aliphatic heterocycles. The van der Waals surface area contributed by atoms with Gasteiger partial charge in [0.25, 0.3) is 11.8 Å². The molecule has 4 rings (SSSR count). The van der Waals surface area contributed by atoms with Gasteiger partial charge in [-0.3, -0.25) is 28.9 Å². The summed E-state index contributed by atoms with van der Waals surface area (Å²) in [5.41, 5.74) is 0.496. The summed E-state index contributed by atoms with van der Waals surface area (Å²) < 4.78 is 75.4. The van der Waals surface area contributed by atoms with Crippen molar-refractivity contribution in [3.8, 4) is 11.3 Å². The van der Waals surface area contributed by atoms with Gasteiger partial charge in [-0.2, -0.15) is 11.8 Å². The molecule has 6 amide bonds. The van der Waals surface area contributed by atoms with Gasteiger partial charge in [-0.1, -0.05) is 51.1 Å². The van der Waals surface area contributed by atoms with E-state index < -0.39 is 41.0 Å². The number of benzene rings is 2. The average Bonchev–Trinajstić information content (AvgIpc) is 4.12. The fraction of sp³-hybridized carbons (Fsp3) is 0.582. The molecular weight excluding hydrogens is 1070 g/mol. The zero-order valence-corrected chi connectivity index (χ0v) is 47.0. The molecule has 1 aromatic heterocycles. The molecule has 444 valence electrons. The number of carbonyl (C=O) groups excluding carboxylic acids is 5. The summed E-state index contributed by atoms with van der Waals surface area (Å²) >= 11 is 1.34. The summed E-state index contributed by atoms with van der Waals surface area (Å²) in [7, 11) is 0. The number of hydrogen-bond donors (Lipinski definition) is 4. The van der Waals surface area contributed by atoms with Crippen LogP contribution in [0, 0.1) is 17.0 Å². The van der Waals surface area contributed by atoms with Gasteiger partial charge in [0.05, 0.1) is 123 Å². The first-order valence-electron chi connectivity index (χ1n) is 26.7. The van der Waals surface area contributed by atoms with E-state index in [0.717, 1.165) is 28.7 Å². The lowest BCUT2D eigenvalue weighted by Crippen LogP contribution is -2.44. The molecular formula is C55H79F2N7O15S. The molecule has 1 aliphatic rings. The van der Waals surface area contributed by atoms with Crippen LogP contribution in [0.3, 0.4) is 0 Å². The van der Waals surface area contributed by atoms with Crippen LogP contribution in [0.25, 0.3) is 11.3 Å². The van der Waals surface area contributed by atoms with E-state index in [4.69, 9.17) is 42.9 Å². The smallest absolute Gasteiger partial charge is 0.404 e. The summed E-state index contributed by atoms with van der Waals surface area (Å²) in [6.07, 6.45) is 3.33. The maximum absolute atomic E-state index is 15.1. The van der Waals surface area contributed by atoms with Crippen LogP contribution in [0.15, 0.2) is 66.9 Å². The number of thioether (sulfide) groups is 1. The lowest BCUT2D eigenvalue weighted by Gasteiger charge is -2.40. The molecule has 22 nitrogen and oxygen atoms in total. The van der Waals surface area contributed by atoms with E-state index in [-0.39, 0.29) is 73.8 Å². The van der Waals surface area contributed by atoms with Crippen molar-refractivity contribution < 1.29 is 80.5 Å². The highest BCUT2D eigenvalue weighted by molar-refractivity contribution is 7.99. The number of nitrogens with one attached hydrogen (secondary N) is 3. The first-order valence-corrected chi connectivity index (χ1v) is 27.9. The van der Waals surface area contributed by atoms with Gasteiger partial charge in [0.1, 0.15) is 17.5 Å². The monoisotopic (exact) mass is 1150 g/mol. The van der Waals surface area contributed by atoms with Gasteiger partial charge in [-0.05, 0) is 35.6 Å². The number of imidazole rings is 1. The van der Waals surface area contributed by atoms with Crippen molar-refractivity contribution in [3.05, 3.63) is 89.9 Å². The van der Waals surface area contributed by atoms with Crippen LogP contribution in [0.5, 0.6) is 0 Å². The van der Waals surface area contributed by atoms with Gasteiger partial charge in [0.15, 0.2) is 0 Å². The van der Waals surface area contributed by atoms with Crippen LogP contribution in [0.4, 0.5) is 13.6 Å². The molecule has 0 unspecified atom stereocenters. The fourth-order valence-electron chi connectivity index (χ4n) is 7.83. The second kappa shape index (κ2) is 38.7. The minimum Gasteiger partial charge on any atom is -0.465 e. The Morgan fingerprint density at radius 3 is 1.75 bits per heavy atom. The van der Waals surface area contributed by atoms with Crippen LogP contribution in [-0.4, -0.2) is 210 Å². The second-order valence-electron chi connectivity index (χ2n) is 19.0. The van der Waals surface area contributed by atoms with E-state index in [9.17, 15) is 38.3 Å². The van der Waals surface area contributed by atoms with Crippen molar-refractivity contribution in [1.82, 2.24) is 35.3 Å². The first-order chi connectivity index (χ1) is 38.6. The van der Waals surface area contributed by atoms with Crippen molar-refractivity contribution in [2.24, 2.45) is 5.41 Å². The summed E-state index contributed by atoms with van der Waals surface area (Å²) in [6.45, 7) is 13.1. The van der Waals surface area contributed by atoms with Gasteiger partial charge in [-0.25, -0.2) is 18.6 Å².